The third-order valence-electron chi connectivity index (χ3n) is 3.72. The van der Waals surface area contributed by atoms with Crippen molar-refractivity contribution < 1.29 is 22.7 Å². The molecule has 0 aromatic carbocycles. The zero-order valence-corrected chi connectivity index (χ0v) is 12.3. The number of esters is 2. The number of hydrogen-bond acceptors (Lipinski definition) is 6. The van der Waals surface area contributed by atoms with E-state index in [-0.39, 0.29) is 29.6 Å². The fourth-order valence-electron chi connectivity index (χ4n) is 2.61. The van der Waals surface area contributed by atoms with Gasteiger partial charge in [0.05, 0.1) is 11.8 Å². The fourth-order valence-corrected chi connectivity index (χ4v) is 4.52. The smallest absolute Gasteiger partial charge is 0.318 e. The third kappa shape index (κ3) is 2.33. The van der Waals surface area contributed by atoms with E-state index in [1.54, 1.807) is 0 Å². The lowest BCUT2D eigenvalue weighted by Crippen LogP contribution is -2.44. The van der Waals surface area contributed by atoms with E-state index in [9.17, 15) is 18.0 Å². The normalized spacial score (nSPS) is 26.5. The number of fused-ring (bicyclic) bond motifs is 1. The minimum Gasteiger partial charge on any atom is -0.393 e. The molecule has 2 saturated heterocycles. The maximum atomic E-state index is 12.5. The van der Waals surface area contributed by atoms with Crippen molar-refractivity contribution in [3.05, 3.63) is 23.5 Å². The quantitative estimate of drug-likeness (QED) is 0.444. The van der Waals surface area contributed by atoms with Crippen molar-refractivity contribution >= 4 is 33.6 Å². The van der Waals surface area contributed by atoms with Crippen molar-refractivity contribution in [1.29, 1.82) is 0 Å². The van der Waals surface area contributed by atoms with Crippen LogP contribution in [-0.4, -0.2) is 42.7 Å². The van der Waals surface area contributed by atoms with Crippen LogP contribution in [0.2, 0.25) is 5.15 Å². The zero-order chi connectivity index (χ0) is 15.2. The van der Waals surface area contributed by atoms with Crippen molar-refractivity contribution in [2.75, 3.05) is 13.1 Å². The van der Waals surface area contributed by atoms with E-state index in [0.29, 0.717) is 0 Å². The summed E-state index contributed by atoms with van der Waals surface area (Å²) in [6, 6.07) is 2.83. The van der Waals surface area contributed by atoms with Crippen LogP contribution in [0, 0.1) is 11.8 Å². The molecule has 1 aromatic rings. The van der Waals surface area contributed by atoms with Crippen LogP contribution in [0.1, 0.15) is 6.42 Å². The van der Waals surface area contributed by atoms with Gasteiger partial charge in [-0.05, 0) is 18.6 Å². The van der Waals surface area contributed by atoms with Gasteiger partial charge in [0.1, 0.15) is 10.0 Å². The van der Waals surface area contributed by atoms with Gasteiger partial charge in [0.25, 0.3) is 0 Å². The van der Waals surface area contributed by atoms with Gasteiger partial charge in [-0.25, -0.2) is 13.4 Å². The summed E-state index contributed by atoms with van der Waals surface area (Å²) in [5, 5.41) is -0.121. The Morgan fingerprint density at radius 1 is 1.29 bits per heavy atom. The number of halogens is 1. The van der Waals surface area contributed by atoms with Crippen LogP contribution in [-0.2, 0) is 24.3 Å². The molecule has 2 atom stereocenters. The molecule has 0 aliphatic carbocycles. The molecule has 0 bridgehead atoms. The van der Waals surface area contributed by atoms with Crippen molar-refractivity contribution in [3.63, 3.8) is 0 Å². The number of ether oxygens (including phenoxy) is 1. The van der Waals surface area contributed by atoms with Gasteiger partial charge in [-0.15, -0.1) is 0 Å². The first-order valence-electron chi connectivity index (χ1n) is 6.27. The summed E-state index contributed by atoms with van der Waals surface area (Å²) >= 11 is 5.83. The molecule has 3 rings (SSSR count). The van der Waals surface area contributed by atoms with Gasteiger partial charge in [0.15, 0.2) is 0 Å². The first kappa shape index (κ1) is 14.4. The highest BCUT2D eigenvalue weighted by Gasteiger charge is 2.49. The molecule has 2 unspecified atom stereocenters. The van der Waals surface area contributed by atoms with E-state index >= 15 is 0 Å². The number of carbonyl (C=O) groups is 2. The lowest BCUT2D eigenvalue weighted by atomic mass is 9.89. The van der Waals surface area contributed by atoms with Gasteiger partial charge < -0.3 is 4.74 Å². The first-order chi connectivity index (χ1) is 9.91. The number of carbonyl (C=O) groups excluding carboxylic acids is 2. The molecule has 0 spiro atoms. The summed E-state index contributed by atoms with van der Waals surface area (Å²) in [7, 11) is -3.85. The number of pyridine rings is 1. The first-order valence-corrected chi connectivity index (χ1v) is 8.09. The number of nitrogens with zero attached hydrogens (tertiary/aromatic N) is 2. The fraction of sp³-hybridized carbons (Fsp3) is 0.417. The van der Waals surface area contributed by atoms with Crippen molar-refractivity contribution in [3.8, 4) is 0 Å². The highest BCUT2D eigenvalue weighted by atomic mass is 35.5. The van der Waals surface area contributed by atoms with E-state index in [4.69, 9.17) is 11.6 Å². The Morgan fingerprint density at radius 3 is 2.71 bits per heavy atom. The van der Waals surface area contributed by atoms with Crippen molar-refractivity contribution in [2.45, 2.75) is 11.3 Å². The highest BCUT2D eigenvalue weighted by Crippen LogP contribution is 2.34. The SMILES string of the molecule is O=C1OC(=O)C2CN(S(=O)(=O)c3cccnc3Cl)CCC12. The second-order valence-corrected chi connectivity index (χ2v) is 7.16. The second-order valence-electron chi connectivity index (χ2n) is 4.90. The van der Waals surface area contributed by atoms with Gasteiger partial charge >= 0.3 is 11.9 Å². The minimum atomic E-state index is -3.85. The minimum absolute atomic E-state index is 0.0806. The molecule has 1 aromatic heterocycles. The van der Waals surface area contributed by atoms with E-state index < -0.39 is 33.8 Å². The lowest BCUT2D eigenvalue weighted by molar-refractivity contribution is -0.153. The number of aromatic nitrogens is 1. The molecule has 0 N–H and O–H groups in total. The van der Waals surface area contributed by atoms with Gasteiger partial charge in [0.2, 0.25) is 10.0 Å². The molecular weight excluding hydrogens is 320 g/mol. The van der Waals surface area contributed by atoms with Gasteiger partial charge in [-0.2, -0.15) is 4.31 Å². The van der Waals surface area contributed by atoms with Gasteiger partial charge in [0, 0.05) is 19.3 Å². The molecule has 0 radical (unpaired) electrons. The summed E-state index contributed by atoms with van der Waals surface area (Å²) in [6.07, 6.45) is 1.65. The monoisotopic (exact) mass is 330 g/mol. The highest BCUT2D eigenvalue weighted by molar-refractivity contribution is 7.89. The molecule has 21 heavy (non-hydrogen) atoms. The molecule has 3 heterocycles. The summed E-state index contributed by atoms with van der Waals surface area (Å²) < 4.78 is 30.8. The Kier molecular flexibility index (Phi) is 3.46. The molecule has 2 aliphatic heterocycles. The van der Waals surface area contributed by atoms with Gasteiger partial charge in [-0.1, -0.05) is 11.6 Å². The molecule has 0 saturated carbocycles. The Hall–Kier alpha value is -1.51. The Labute approximate surface area is 125 Å². The Bertz CT molecular complexity index is 720. The Morgan fingerprint density at radius 2 is 2.00 bits per heavy atom. The summed E-state index contributed by atoms with van der Waals surface area (Å²) in [4.78, 5) is 26.7. The van der Waals surface area contributed by atoms with Crippen LogP contribution in [0.15, 0.2) is 23.2 Å². The van der Waals surface area contributed by atoms with Gasteiger partial charge in [-0.3, -0.25) is 9.59 Å². The molecule has 2 aliphatic rings. The van der Waals surface area contributed by atoms with E-state index in [1.807, 2.05) is 0 Å². The average molecular weight is 331 g/mol. The van der Waals surface area contributed by atoms with Crippen LogP contribution in [0.3, 0.4) is 0 Å². The van der Waals surface area contributed by atoms with Crippen LogP contribution in [0.25, 0.3) is 0 Å². The number of sulfonamides is 1. The van der Waals surface area contributed by atoms with Crippen molar-refractivity contribution in [1.82, 2.24) is 9.29 Å². The number of hydrogen-bond donors (Lipinski definition) is 0. The maximum absolute atomic E-state index is 12.5. The van der Waals surface area contributed by atoms with E-state index in [1.165, 1.54) is 18.3 Å². The van der Waals surface area contributed by atoms with Crippen LogP contribution in [0.4, 0.5) is 0 Å². The summed E-state index contributed by atoms with van der Waals surface area (Å²) in [5.41, 5.74) is 0. The van der Waals surface area contributed by atoms with Crippen molar-refractivity contribution in [2.24, 2.45) is 11.8 Å². The molecular formula is C12H11ClN2O5S. The van der Waals surface area contributed by atoms with Crippen LogP contribution < -0.4 is 0 Å². The lowest BCUT2D eigenvalue weighted by Gasteiger charge is -2.30. The number of piperidine rings is 1. The molecule has 9 heteroatoms. The topological polar surface area (TPSA) is 93.6 Å². The maximum Gasteiger partial charge on any atom is 0.318 e. The van der Waals surface area contributed by atoms with E-state index in [0.717, 1.165) is 4.31 Å². The van der Waals surface area contributed by atoms with Crippen LogP contribution in [0.5, 0.6) is 0 Å². The number of rotatable bonds is 2. The predicted octanol–water partition coefficient (Wildman–Crippen LogP) is 0.445. The largest absolute Gasteiger partial charge is 0.393 e. The molecule has 2 fully saturated rings. The standard InChI is InChI=1S/C12H11ClN2O5S/c13-10-9(2-1-4-14-10)21(18,19)15-5-3-7-8(6-15)12(17)20-11(7)16/h1-2,4,7-8H,3,5-6H2. The molecule has 0 amide bonds. The third-order valence-corrected chi connectivity index (χ3v) is 6.03. The zero-order valence-electron chi connectivity index (χ0n) is 10.7. The molecule has 112 valence electrons. The Balaban J connectivity index is 1.90. The van der Waals surface area contributed by atoms with E-state index in [2.05, 4.69) is 9.72 Å². The summed E-state index contributed by atoms with van der Waals surface area (Å²) in [6.45, 7) is 0.0555. The number of cyclic esters (lactones) is 2. The van der Waals surface area contributed by atoms with Crippen LogP contribution >= 0.6 is 11.6 Å². The molecule has 7 nitrogen and oxygen atoms in total. The average Bonchev–Trinajstić information content (AvgIpc) is 2.74. The predicted molar refractivity (Wildman–Crippen MR) is 70.7 cm³/mol. The summed E-state index contributed by atoms with van der Waals surface area (Å²) in [5.74, 6) is -2.52. The second kappa shape index (κ2) is 5.04.